The Labute approximate surface area is 165 Å². The Bertz CT molecular complexity index is 833. The van der Waals surface area contributed by atoms with E-state index in [1.165, 1.54) is 0 Å². The monoisotopic (exact) mass is 381 g/mol. The summed E-state index contributed by atoms with van der Waals surface area (Å²) in [5, 5.41) is 6.33. The third kappa shape index (κ3) is 4.34. The minimum atomic E-state index is -0.240. The molecule has 0 unspecified atom stereocenters. The minimum absolute atomic E-state index is 0.0251. The highest BCUT2D eigenvalue weighted by atomic mass is 16.5. The smallest absolute Gasteiger partial charge is 0.256 e. The van der Waals surface area contributed by atoms with Gasteiger partial charge in [-0.3, -0.25) is 9.59 Å². The van der Waals surface area contributed by atoms with Gasteiger partial charge >= 0.3 is 0 Å². The summed E-state index contributed by atoms with van der Waals surface area (Å²) >= 11 is 0. The van der Waals surface area contributed by atoms with Crippen molar-refractivity contribution in [2.24, 2.45) is 0 Å². The van der Waals surface area contributed by atoms with Gasteiger partial charge in [0, 0.05) is 48.7 Å². The first kappa shape index (κ1) is 19.9. The lowest BCUT2D eigenvalue weighted by molar-refractivity contribution is 0.0721. The van der Waals surface area contributed by atoms with Gasteiger partial charge in [0.15, 0.2) is 0 Å². The average molecular weight is 381 g/mol. The van der Waals surface area contributed by atoms with Gasteiger partial charge in [-0.05, 0) is 50.6 Å². The molecule has 28 heavy (non-hydrogen) atoms. The Morgan fingerprint density at radius 1 is 1.14 bits per heavy atom. The molecule has 0 radical (unpaired) electrons. The number of hydrogen-bond acceptors (Lipinski definition) is 4. The fourth-order valence-electron chi connectivity index (χ4n) is 3.36. The van der Waals surface area contributed by atoms with Crippen molar-refractivity contribution in [2.45, 2.75) is 32.5 Å². The van der Waals surface area contributed by atoms with Crippen molar-refractivity contribution in [3.63, 3.8) is 0 Å². The molecular formula is C22H27N3O3. The number of nitrogens with one attached hydrogen (secondary N) is 2. The average Bonchev–Trinajstić information content (AvgIpc) is 2.94. The number of nitrogens with zero attached hydrogens (tertiary/aromatic N) is 1. The van der Waals surface area contributed by atoms with Crippen molar-refractivity contribution in [1.82, 2.24) is 10.2 Å². The number of rotatable bonds is 8. The molecule has 148 valence electrons. The van der Waals surface area contributed by atoms with Crippen LogP contribution < -0.4 is 10.6 Å². The molecule has 1 heterocycles. The largest absolute Gasteiger partial charge is 0.385 e. The number of benzene rings is 2. The van der Waals surface area contributed by atoms with Crippen molar-refractivity contribution in [3.05, 3.63) is 65.2 Å². The van der Waals surface area contributed by atoms with Crippen LogP contribution in [-0.4, -0.2) is 43.0 Å². The summed E-state index contributed by atoms with van der Waals surface area (Å²) in [6.07, 6.45) is 0.527. The first-order valence-electron chi connectivity index (χ1n) is 9.57. The SMILES string of the molecule is COCCCN1C(=O)c2ccccc2[C@@H]1Nc1ccc(C(=O)NC(C)C)cc1. The van der Waals surface area contributed by atoms with Gasteiger partial charge in [0.25, 0.3) is 11.8 Å². The predicted molar refractivity (Wildman–Crippen MR) is 109 cm³/mol. The van der Waals surface area contributed by atoms with E-state index < -0.39 is 0 Å². The maximum absolute atomic E-state index is 12.8. The molecule has 6 nitrogen and oxygen atoms in total. The Morgan fingerprint density at radius 3 is 2.54 bits per heavy atom. The lowest BCUT2D eigenvalue weighted by Crippen LogP contribution is -2.33. The standard InChI is InChI=1S/C22H27N3O3/c1-15(2)23-21(26)16-9-11-17(12-10-16)24-20-18-7-4-5-8-19(18)22(27)25(20)13-6-14-28-3/h4-5,7-12,15,20,24H,6,13-14H2,1-3H3,(H,23,26)/t20-/m1/s1. The van der Waals surface area contributed by atoms with E-state index in [2.05, 4.69) is 10.6 Å². The summed E-state index contributed by atoms with van der Waals surface area (Å²) in [6, 6.07) is 15.1. The molecule has 1 aliphatic rings. The Morgan fingerprint density at radius 2 is 1.86 bits per heavy atom. The Hall–Kier alpha value is -2.86. The van der Waals surface area contributed by atoms with Crippen LogP contribution in [0.1, 0.15) is 52.7 Å². The minimum Gasteiger partial charge on any atom is -0.385 e. The molecule has 1 aliphatic heterocycles. The first-order chi connectivity index (χ1) is 13.5. The van der Waals surface area contributed by atoms with Crippen LogP contribution in [0.15, 0.2) is 48.5 Å². The van der Waals surface area contributed by atoms with Gasteiger partial charge in [-0.25, -0.2) is 0 Å². The van der Waals surface area contributed by atoms with Crippen LogP contribution in [0, 0.1) is 0 Å². The summed E-state index contributed by atoms with van der Waals surface area (Å²) in [5.74, 6) is -0.0683. The maximum Gasteiger partial charge on any atom is 0.256 e. The van der Waals surface area contributed by atoms with Crippen molar-refractivity contribution in [2.75, 3.05) is 25.6 Å². The zero-order valence-corrected chi connectivity index (χ0v) is 16.6. The number of fused-ring (bicyclic) bond motifs is 1. The van der Waals surface area contributed by atoms with Gasteiger partial charge < -0.3 is 20.3 Å². The number of methoxy groups -OCH3 is 1. The Kier molecular flexibility index (Phi) is 6.31. The van der Waals surface area contributed by atoms with Gasteiger partial charge in [0.05, 0.1) is 0 Å². The number of anilines is 1. The summed E-state index contributed by atoms with van der Waals surface area (Å²) in [5.41, 5.74) is 3.16. The highest BCUT2D eigenvalue weighted by Gasteiger charge is 2.35. The fraction of sp³-hybridized carbons (Fsp3) is 0.364. The molecule has 0 saturated carbocycles. The first-order valence-corrected chi connectivity index (χ1v) is 9.57. The Balaban J connectivity index is 1.78. The fourth-order valence-corrected chi connectivity index (χ4v) is 3.36. The van der Waals surface area contributed by atoms with Gasteiger partial charge in [-0.15, -0.1) is 0 Å². The van der Waals surface area contributed by atoms with E-state index in [0.29, 0.717) is 18.7 Å². The zero-order chi connectivity index (χ0) is 20.1. The van der Waals surface area contributed by atoms with E-state index in [0.717, 1.165) is 23.2 Å². The van der Waals surface area contributed by atoms with E-state index >= 15 is 0 Å². The summed E-state index contributed by atoms with van der Waals surface area (Å²) < 4.78 is 5.13. The van der Waals surface area contributed by atoms with Gasteiger partial charge in [0.2, 0.25) is 0 Å². The molecule has 1 atom stereocenters. The van der Waals surface area contributed by atoms with Crippen LogP contribution in [0.4, 0.5) is 5.69 Å². The van der Waals surface area contributed by atoms with Crippen molar-refractivity contribution in [1.29, 1.82) is 0 Å². The normalized spacial score (nSPS) is 15.6. The van der Waals surface area contributed by atoms with E-state index in [1.54, 1.807) is 19.2 Å². The van der Waals surface area contributed by atoms with Gasteiger partial charge in [-0.2, -0.15) is 0 Å². The number of carbonyl (C=O) groups excluding carboxylic acids is 2. The number of ether oxygens (including phenoxy) is 1. The van der Waals surface area contributed by atoms with Gasteiger partial charge in [0.1, 0.15) is 6.17 Å². The number of carbonyl (C=O) groups is 2. The molecule has 2 N–H and O–H groups in total. The molecule has 0 bridgehead atoms. The number of hydrogen-bond donors (Lipinski definition) is 2. The van der Waals surface area contributed by atoms with Crippen molar-refractivity contribution < 1.29 is 14.3 Å². The molecule has 2 amide bonds. The second kappa shape index (κ2) is 8.89. The van der Waals surface area contributed by atoms with Crippen LogP contribution in [0.3, 0.4) is 0 Å². The highest BCUT2D eigenvalue weighted by Crippen LogP contribution is 2.34. The molecule has 6 heteroatoms. The third-order valence-electron chi connectivity index (χ3n) is 4.68. The third-order valence-corrected chi connectivity index (χ3v) is 4.68. The molecule has 0 fully saturated rings. The highest BCUT2D eigenvalue weighted by molar-refractivity contribution is 5.99. The summed E-state index contributed by atoms with van der Waals surface area (Å²) in [6.45, 7) is 5.07. The topological polar surface area (TPSA) is 70.7 Å². The van der Waals surface area contributed by atoms with Crippen molar-refractivity contribution in [3.8, 4) is 0 Å². The second-order valence-electron chi connectivity index (χ2n) is 7.18. The number of amides is 2. The molecule has 3 rings (SSSR count). The lowest BCUT2D eigenvalue weighted by atomic mass is 10.1. The molecule has 0 saturated heterocycles. The molecular weight excluding hydrogens is 354 g/mol. The maximum atomic E-state index is 12.8. The summed E-state index contributed by atoms with van der Waals surface area (Å²) in [7, 11) is 1.66. The molecule has 2 aromatic rings. The summed E-state index contributed by atoms with van der Waals surface area (Å²) in [4.78, 5) is 26.8. The van der Waals surface area contributed by atoms with E-state index in [4.69, 9.17) is 4.74 Å². The van der Waals surface area contributed by atoms with Crippen LogP contribution in [0.25, 0.3) is 0 Å². The van der Waals surface area contributed by atoms with Crippen LogP contribution in [-0.2, 0) is 4.74 Å². The van der Waals surface area contributed by atoms with Crippen molar-refractivity contribution >= 4 is 17.5 Å². The van der Waals surface area contributed by atoms with Crippen LogP contribution >= 0.6 is 0 Å². The van der Waals surface area contributed by atoms with Crippen LogP contribution in [0.5, 0.6) is 0 Å². The molecule has 0 spiro atoms. The second-order valence-corrected chi connectivity index (χ2v) is 7.18. The van der Waals surface area contributed by atoms with Gasteiger partial charge in [-0.1, -0.05) is 18.2 Å². The van der Waals surface area contributed by atoms with E-state index in [9.17, 15) is 9.59 Å². The molecule has 0 aliphatic carbocycles. The van der Waals surface area contributed by atoms with E-state index in [-0.39, 0.29) is 24.0 Å². The predicted octanol–water partition coefficient (Wildman–Crippen LogP) is 3.43. The molecule has 2 aromatic carbocycles. The lowest BCUT2D eigenvalue weighted by Gasteiger charge is -2.27. The van der Waals surface area contributed by atoms with Crippen LogP contribution in [0.2, 0.25) is 0 Å². The van der Waals surface area contributed by atoms with E-state index in [1.807, 2.05) is 55.1 Å². The quantitative estimate of drug-likeness (QED) is 0.688. The zero-order valence-electron chi connectivity index (χ0n) is 16.6. The molecule has 0 aromatic heterocycles.